The van der Waals surface area contributed by atoms with Crippen molar-refractivity contribution in [1.29, 1.82) is 0 Å². The largest absolute Gasteiger partial charge is 0.469 e. The van der Waals surface area contributed by atoms with E-state index in [0.717, 1.165) is 37.8 Å². The van der Waals surface area contributed by atoms with Gasteiger partial charge in [-0.05, 0) is 118 Å². The second-order valence-corrected chi connectivity index (χ2v) is 13.3. The Hall–Kier alpha value is -0.650. The number of likely N-dealkylation sites (N-methyl/N-ethyl adjacent to an activating group) is 1. The SMILES string of the molecule is COC(=O)CC[C@@H](C)[C@H]1CCC2C3CCC4CC(NCCN(C)C)CC[C@]4(C)C3C[C@H](O)[C@@]21C. The number of carbonyl (C=O) groups is 1. The number of nitrogens with one attached hydrogen (secondary N) is 1. The van der Waals surface area contributed by atoms with Crippen LogP contribution in [-0.2, 0) is 9.53 Å². The third kappa shape index (κ3) is 4.70. The standard InChI is InChI=1S/C29H52N2O3/c1-19(7-12-27(33)34-6)23-10-11-24-22-9-8-20-17-21(30-15-16-31(4)5)13-14-28(20,2)25(22)18-26(32)29(23,24)3/h19-26,30,32H,7-18H2,1-6H3/t19-,20?,21?,22?,23-,24?,25?,26+,28+,29-/m1/s1. The lowest BCUT2D eigenvalue weighted by molar-refractivity contribution is -0.170. The first-order valence-corrected chi connectivity index (χ1v) is 14.2. The molecule has 0 saturated heterocycles. The van der Waals surface area contributed by atoms with Crippen LogP contribution in [0.1, 0.15) is 85.0 Å². The lowest BCUT2D eigenvalue weighted by Gasteiger charge is -2.62. The van der Waals surface area contributed by atoms with E-state index in [1.54, 1.807) is 0 Å². The summed E-state index contributed by atoms with van der Waals surface area (Å²) < 4.78 is 4.89. The summed E-state index contributed by atoms with van der Waals surface area (Å²) in [5.41, 5.74) is 0.393. The van der Waals surface area contributed by atoms with Gasteiger partial charge in [-0.2, -0.15) is 0 Å². The minimum absolute atomic E-state index is 0.00480. The molecule has 0 heterocycles. The summed E-state index contributed by atoms with van der Waals surface area (Å²) in [5.74, 6) is 3.74. The van der Waals surface area contributed by atoms with Gasteiger partial charge >= 0.3 is 5.97 Å². The van der Waals surface area contributed by atoms with Gasteiger partial charge in [0, 0.05) is 25.6 Å². The summed E-state index contributed by atoms with van der Waals surface area (Å²) >= 11 is 0. The van der Waals surface area contributed by atoms with E-state index in [4.69, 9.17) is 4.74 Å². The van der Waals surface area contributed by atoms with Gasteiger partial charge in [0.2, 0.25) is 0 Å². The number of hydrogen-bond acceptors (Lipinski definition) is 5. The molecule has 0 aromatic carbocycles. The molecule has 196 valence electrons. The van der Waals surface area contributed by atoms with Gasteiger partial charge in [0.05, 0.1) is 13.2 Å². The third-order valence-corrected chi connectivity index (χ3v) is 11.6. The number of aliphatic hydroxyl groups excluding tert-OH is 1. The van der Waals surface area contributed by atoms with Crippen LogP contribution in [0, 0.1) is 46.3 Å². The van der Waals surface area contributed by atoms with Crippen molar-refractivity contribution >= 4 is 5.97 Å². The molecule has 34 heavy (non-hydrogen) atoms. The van der Waals surface area contributed by atoms with Gasteiger partial charge in [-0.25, -0.2) is 0 Å². The Morgan fingerprint density at radius 1 is 1.12 bits per heavy atom. The zero-order chi connectivity index (χ0) is 24.7. The van der Waals surface area contributed by atoms with Crippen LogP contribution in [0.4, 0.5) is 0 Å². The Morgan fingerprint density at radius 3 is 2.59 bits per heavy atom. The summed E-state index contributed by atoms with van der Waals surface area (Å²) in [6, 6.07) is 0.667. The molecule has 10 atom stereocenters. The van der Waals surface area contributed by atoms with Crippen molar-refractivity contribution in [2.45, 2.75) is 97.1 Å². The third-order valence-electron chi connectivity index (χ3n) is 11.6. The number of rotatable bonds is 8. The number of hydrogen-bond donors (Lipinski definition) is 2. The number of ether oxygens (including phenoxy) is 1. The molecule has 0 aliphatic heterocycles. The van der Waals surface area contributed by atoms with E-state index in [-0.39, 0.29) is 17.5 Å². The number of carbonyl (C=O) groups excluding carboxylic acids is 1. The van der Waals surface area contributed by atoms with E-state index >= 15 is 0 Å². The van der Waals surface area contributed by atoms with Crippen LogP contribution in [0.25, 0.3) is 0 Å². The van der Waals surface area contributed by atoms with Crippen molar-refractivity contribution in [1.82, 2.24) is 10.2 Å². The average molecular weight is 477 g/mol. The molecule has 0 spiro atoms. The zero-order valence-electron chi connectivity index (χ0n) is 22.8. The number of esters is 1. The molecule has 4 fully saturated rings. The van der Waals surface area contributed by atoms with Gasteiger partial charge in [-0.3, -0.25) is 4.79 Å². The summed E-state index contributed by atoms with van der Waals surface area (Å²) in [7, 11) is 5.78. The topological polar surface area (TPSA) is 61.8 Å². The second-order valence-electron chi connectivity index (χ2n) is 13.3. The quantitative estimate of drug-likeness (QED) is 0.496. The highest BCUT2D eigenvalue weighted by Crippen LogP contribution is 2.68. The van der Waals surface area contributed by atoms with E-state index in [0.29, 0.717) is 41.5 Å². The Kier molecular flexibility index (Phi) is 8.06. The van der Waals surface area contributed by atoms with Crippen molar-refractivity contribution in [3.63, 3.8) is 0 Å². The average Bonchev–Trinajstić information content (AvgIpc) is 3.16. The predicted octanol–water partition coefficient (Wildman–Crippen LogP) is 4.73. The molecule has 5 unspecified atom stereocenters. The molecule has 0 amide bonds. The molecule has 5 heteroatoms. The van der Waals surface area contributed by atoms with Crippen molar-refractivity contribution < 1.29 is 14.6 Å². The van der Waals surface area contributed by atoms with Gasteiger partial charge < -0.3 is 20.1 Å². The second kappa shape index (κ2) is 10.4. The van der Waals surface area contributed by atoms with Gasteiger partial charge in [-0.1, -0.05) is 20.8 Å². The summed E-state index contributed by atoms with van der Waals surface area (Å²) in [4.78, 5) is 14.0. The van der Waals surface area contributed by atoms with Gasteiger partial charge in [0.15, 0.2) is 0 Å². The van der Waals surface area contributed by atoms with E-state index in [2.05, 4.69) is 45.1 Å². The summed E-state index contributed by atoms with van der Waals surface area (Å²) in [5, 5.41) is 15.6. The molecular formula is C29H52N2O3. The zero-order valence-corrected chi connectivity index (χ0v) is 22.8. The van der Waals surface area contributed by atoms with Crippen LogP contribution in [0.5, 0.6) is 0 Å². The van der Waals surface area contributed by atoms with Crippen LogP contribution in [0.15, 0.2) is 0 Å². The fourth-order valence-corrected chi connectivity index (χ4v) is 9.51. The summed E-state index contributed by atoms with van der Waals surface area (Å²) in [6.07, 6.45) is 11.3. The molecule has 5 nitrogen and oxygen atoms in total. The first kappa shape index (κ1) is 26.4. The van der Waals surface area contributed by atoms with Crippen LogP contribution < -0.4 is 5.32 Å². The van der Waals surface area contributed by atoms with Crippen molar-refractivity contribution in [2.24, 2.45) is 46.3 Å². The molecule has 4 aliphatic carbocycles. The maximum atomic E-state index is 11.7. The minimum Gasteiger partial charge on any atom is -0.469 e. The fourth-order valence-electron chi connectivity index (χ4n) is 9.51. The molecule has 0 aromatic heterocycles. The van der Waals surface area contributed by atoms with Crippen molar-refractivity contribution in [2.75, 3.05) is 34.3 Å². The first-order chi connectivity index (χ1) is 16.1. The molecule has 0 bridgehead atoms. The van der Waals surface area contributed by atoms with Crippen LogP contribution in [0.3, 0.4) is 0 Å². The van der Waals surface area contributed by atoms with E-state index in [1.807, 2.05) is 0 Å². The Labute approximate surface area is 208 Å². The molecule has 2 N–H and O–H groups in total. The van der Waals surface area contributed by atoms with Crippen LogP contribution >= 0.6 is 0 Å². The first-order valence-electron chi connectivity index (χ1n) is 14.2. The number of fused-ring (bicyclic) bond motifs is 5. The maximum absolute atomic E-state index is 11.7. The predicted molar refractivity (Wildman–Crippen MR) is 137 cm³/mol. The normalized spacial score (nSPS) is 44.8. The number of aliphatic hydroxyl groups is 1. The maximum Gasteiger partial charge on any atom is 0.305 e. The Bertz CT molecular complexity index is 713. The fraction of sp³-hybridized carbons (Fsp3) is 0.966. The Balaban J connectivity index is 1.43. The minimum atomic E-state index is -0.210. The van der Waals surface area contributed by atoms with Crippen molar-refractivity contribution in [3.05, 3.63) is 0 Å². The smallest absolute Gasteiger partial charge is 0.305 e. The Morgan fingerprint density at radius 2 is 1.88 bits per heavy atom. The number of nitrogens with zero attached hydrogens (tertiary/aromatic N) is 1. The molecule has 0 radical (unpaired) electrons. The van der Waals surface area contributed by atoms with Gasteiger partial charge in [0.1, 0.15) is 0 Å². The monoisotopic (exact) mass is 476 g/mol. The van der Waals surface area contributed by atoms with Crippen LogP contribution in [0.2, 0.25) is 0 Å². The van der Waals surface area contributed by atoms with E-state index in [9.17, 15) is 9.90 Å². The summed E-state index contributed by atoms with van der Waals surface area (Å²) in [6.45, 7) is 9.50. The van der Waals surface area contributed by atoms with Crippen LogP contribution in [-0.4, -0.2) is 62.4 Å². The van der Waals surface area contributed by atoms with E-state index in [1.165, 1.54) is 52.1 Å². The van der Waals surface area contributed by atoms with E-state index < -0.39 is 0 Å². The highest BCUT2D eigenvalue weighted by atomic mass is 16.5. The molecule has 4 rings (SSSR count). The molecule has 4 saturated carbocycles. The molecular weight excluding hydrogens is 424 g/mol. The van der Waals surface area contributed by atoms with Gasteiger partial charge in [-0.15, -0.1) is 0 Å². The molecule has 0 aromatic rings. The van der Waals surface area contributed by atoms with Crippen molar-refractivity contribution in [3.8, 4) is 0 Å². The lowest BCUT2D eigenvalue weighted by atomic mass is 9.43. The highest BCUT2D eigenvalue weighted by Gasteiger charge is 2.63. The highest BCUT2D eigenvalue weighted by molar-refractivity contribution is 5.69. The lowest BCUT2D eigenvalue weighted by Crippen LogP contribution is -2.59. The molecule has 4 aliphatic rings. The number of methoxy groups -OCH3 is 1. The van der Waals surface area contributed by atoms with Gasteiger partial charge in [0.25, 0.3) is 0 Å².